The van der Waals surface area contributed by atoms with Crippen LogP contribution in [0.15, 0.2) is 22.7 Å². The summed E-state index contributed by atoms with van der Waals surface area (Å²) >= 11 is 3.40. The zero-order valence-electron chi connectivity index (χ0n) is 16.2. The Hall–Kier alpha value is -2.09. The molecular formula is C19H27BrN4O3. The molecule has 4 amide bonds. The van der Waals surface area contributed by atoms with E-state index < -0.39 is 6.03 Å². The Kier molecular flexibility index (Phi) is 7.24. The van der Waals surface area contributed by atoms with Gasteiger partial charge in [0, 0.05) is 31.7 Å². The van der Waals surface area contributed by atoms with E-state index in [-0.39, 0.29) is 18.4 Å². The van der Waals surface area contributed by atoms with E-state index in [0.717, 1.165) is 10.9 Å². The first-order chi connectivity index (χ1) is 12.7. The van der Waals surface area contributed by atoms with Gasteiger partial charge in [-0.05, 0) is 36.5 Å². The van der Waals surface area contributed by atoms with Crippen molar-refractivity contribution in [1.29, 1.82) is 0 Å². The number of urea groups is 1. The van der Waals surface area contributed by atoms with E-state index in [2.05, 4.69) is 40.4 Å². The zero-order chi connectivity index (χ0) is 20.1. The maximum atomic E-state index is 13.1. The Morgan fingerprint density at radius 3 is 2.41 bits per heavy atom. The minimum atomic E-state index is -0.526. The van der Waals surface area contributed by atoms with Crippen molar-refractivity contribution in [2.24, 2.45) is 11.8 Å². The third-order valence-corrected chi connectivity index (χ3v) is 5.01. The number of anilines is 1. The molecule has 0 aliphatic carbocycles. The average Bonchev–Trinajstić information content (AvgIpc) is 2.59. The summed E-state index contributed by atoms with van der Waals surface area (Å²) < 4.78 is 0.762. The van der Waals surface area contributed by atoms with Gasteiger partial charge in [0.2, 0.25) is 5.91 Å². The van der Waals surface area contributed by atoms with Gasteiger partial charge in [0.05, 0.1) is 17.8 Å². The van der Waals surface area contributed by atoms with E-state index in [1.165, 1.54) is 4.90 Å². The molecule has 1 aromatic carbocycles. The highest BCUT2D eigenvalue weighted by Gasteiger charge is 2.27. The molecule has 27 heavy (non-hydrogen) atoms. The maximum Gasteiger partial charge on any atom is 0.319 e. The molecule has 148 valence electrons. The molecule has 1 fully saturated rings. The van der Waals surface area contributed by atoms with Gasteiger partial charge in [0.25, 0.3) is 5.91 Å². The highest BCUT2D eigenvalue weighted by atomic mass is 79.9. The molecule has 1 heterocycles. The van der Waals surface area contributed by atoms with Gasteiger partial charge in [-0.15, -0.1) is 0 Å². The van der Waals surface area contributed by atoms with E-state index in [9.17, 15) is 14.4 Å². The predicted octanol–water partition coefficient (Wildman–Crippen LogP) is 2.78. The largest absolute Gasteiger partial charge is 0.347 e. The normalized spacial score (nSPS) is 19.4. The minimum absolute atomic E-state index is 0.102. The molecule has 1 aromatic rings. The van der Waals surface area contributed by atoms with Crippen LogP contribution >= 0.6 is 15.9 Å². The van der Waals surface area contributed by atoms with Crippen molar-refractivity contribution in [2.45, 2.75) is 20.3 Å². The number of amides is 4. The lowest BCUT2D eigenvalue weighted by Crippen LogP contribution is -2.43. The number of halogens is 1. The summed E-state index contributed by atoms with van der Waals surface area (Å²) in [6.45, 7) is 5.59. The van der Waals surface area contributed by atoms with Gasteiger partial charge in [-0.2, -0.15) is 0 Å². The van der Waals surface area contributed by atoms with Crippen molar-refractivity contribution >= 4 is 39.5 Å². The van der Waals surface area contributed by atoms with Gasteiger partial charge in [0.1, 0.15) is 0 Å². The molecule has 0 saturated carbocycles. The summed E-state index contributed by atoms with van der Waals surface area (Å²) in [5, 5.41) is 5.19. The molecular weight excluding hydrogens is 412 g/mol. The van der Waals surface area contributed by atoms with E-state index in [1.54, 1.807) is 32.3 Å². The third-order valence-electron chi connectivity index (χ3n) is 4.52. The van der Waals surface area contributed by atoms with E-state index in [1.807, 2.05) is 4.90 Å². The fraction of sp³-hybridized carbons (Fsp3) is 0.526. The standard InChI is InChI=1S/C19H27BrN4O3/c1-12-7-13(2)11-24(10-12)18(26)15-8-14(20)5-6-16(15)22-19(27)21-9-17(25)23(3)4/h5-6,8,12-13H,7,9-11H2,1-4H3,(H2,21,22,27)/t12-,13+. The molecule has 2 atom stereocenters. The molecule has 8 heteroatoms. The van der Waals surface area contributed by atoms with Crippen LogP contribution < -0.4 is 10.6 Å². The lowest BCUT2D eigenvalue weighted by molar-refractivity contribution is -0.127. The second-order valence-corrected chi connectivity index (χ2v) is 8.36. The Morgan fingerprint density at radius 1 is 1.19 bits per heavy atom. The Labute approximate surface area is 168 Å². The number of benzene rings is 1. The minimum Gasteiger partial charge on any atom is -0.347 e. The highest BCUT2D eigenvalue weighted by molar-refractivity contribution is 9.10. The summed E-state index contributed by atoms with van der Waals surface area (Å²) in [5.41, 5.74) is 0.851. The van der Waals surface area contributed by atoms with Crippen molar-refractivity contribution in [3.05, 3.63) is 28.2 Å². The van der Waals surface area contributed by atoms with E-state index in [4.69, 9.17) is 0 Å². The molecule has 7 nitrogen and oxygen atoms in total. The summed E-state index contributed by atoms with van der Waals surface area (Å²) in [4.78, 5) is 40.1. The van der Waals surface area contributed by atoms with Gasteiger partial charge in [0.15, 0.2) is 0 Å². The number of nitrogens with zero attached hydrogens (tertiary/aromatic N) is 2. The van der Waals surface area contributed by atoms with Gasteiger partial charge >= 0.3 is 6.03 Å². The molecule has 1 aliphatic rings. The lowest BCUT2D eigenvalue weighted by atomic mass is 9.91. The van der Waals surface area contributed by atoms with Crippen molar-refractivity contribution in [2.75, 3.05) is 39.0 Å². The van der Waals surface area contributed by atoms with Gasteiger partial charge in [-0.25, -0.2) is 4.79 Å². The molecule has 2 N–H and O–H groups in total. The predicted molar refractivity (Wildman–Crippen MR) is 109 cm³/mol. The van der Waals surface area contributed by atoms with Crippen molar-refractivity contribution in [3.63, 3.8) is 0 Å². The first-order valence-corrected chi connectivity index (χ1v) is 9.80. The zero-order valence-corrected chi connectivity index (χ0v) is 17.8. The summed E-state index contributed by atoms with van der Waals surface area (Å²) in [5.74, 6) is 0.575. The van der Waals surface area contributed by atoms with Crippen LogP contribution in [0.3, 0.4) is 0 Å². The second kappa shape index (κ2) is 9.21. The summed E-state index contributed by atoms with van der Waals surface area (Å²) in [7, 11) is 3.24. The first-order valence-electron chi connectivity index (χ1n) is 9.01. The lowest BCUT2D eigenvalue weighted by Gasteiger charge is -2.35. The van der Waals surface area contributed by atoms with Crippen molar-refractivity contribution in [3.8, 4) is 0 Å². The molecule has 0 radical (unpaired) electrons. The fourth-order valence-electron chi connectivity index (χ4n) is 3.28. The number of hydrogen-bond acceptors (Lipinski definition) is 3. The molecule has 0 bridgehead atoms. The molecule has 2 rings (SSSR count). The second-order valence-electron chi connectivity index (χ2n) is 7.44. The van der Waals surface area contributed by atoms with Crippen LogP contribution in [-0.2, 0) is 4.79 Å². The van der Waals surface area contributed by atoms with Gasteiger partial charge in [-0.1, -0.05) is 29.8 Å². The quantitative estimate of drug-likeness (QED) is 0.757. The number of likely N-dealkylation sites (N-methyl/N-ethyl adjacent to an activating group) is 1. The van der Waals surface area contributed by atoms with Gasteiger partial charge < -0.3 is 20.4 Å². The highest BCUT2D eigenvalue weighted by Crippen LogP contribution is 2.27. The number of piperidine rings is 1. The van der Waals surface area contributed by atoms with Crippen LogP contribution in [-0.4, -0.2) is 61.4 Å². The third kappa shape index (κ3) is 5.95. The van der Waals surface area contributed by atoms with Crippen LogP contribution in [0.1, 0.15) is 30.6 Å². The first kappa shape index (κ1) is 21.2. The molecule has 1 aliphatic heterocycles. The van der Waals surface area contributed by atoms with E-state index in [0.29, 0.717) is 36.2 Å². The summed E-state index contributed by atoms with van der Waals surface area (Å²) in [6, 6.07) is 4.63. The average molecular weight is 439 g/mol. The molecule has 0 spiro atoms. The molecule has 0 unspecified atom stereocenters. The topological polar surface area (TPSA) is 81.8 Å². The van der Waals surface area contributed by atoms with E-state index >= 15 is 0 Å². The number of likely N-dealkylation sites (tertiary alicyclic amines) is 1. The number of carbonyl (C=O) groups is 3. The van der Waals surface area contributed by atoms with Crippen LogP contribution in [0.25, 0.3) is 0 Å². The molecule has 0 aromatic heterocycles. The number of rotatable bonds is 4. The van der Waals surface area contributed by atoms with Crippen LogP contribution in [0.4, 0.5) is 10.5 Å². The summed E-state index contributed by atoms with van der Waals surface area (Å²) in [6.07, 6.45) is 1.11. The molecule has 1 saturated heterocycles. The van der Waals surface area contributed by atoms with Crippen LogP contribution in [0.5, 0.6) is 0 Å². The van der Waals surface area contributed by atoms with Crippen molar-refractivity contribution in [1.82, 2.24) is 15.1 Å². The Balaban J connectivity index is 2.13. The Morgan fingerprint density at radius 2 is 1.81 bits per heavy atom. The smallest absolute Gasteiger partial charge is 0.319 e. The van der Waals surface area contributed by atoms with Gasteiger partial charge in [-0.3, -0.25) is 9.59 Å². The number of carbonyl (C=O) groups excluding carboxylic acids is 3. The monoisotopic (exact) mass is 438 g/mol. The van der Waals surface area contributed by atoms with Crippen LogP contribution in [0.2, 0.25) is 0 Å². The van der Waals surface area contributed by atoms with Crippen molar-refractivity contribution < 1.29 is 14.4 Å². The fourth-order valence-corrected chi connectivity index (χ4v) is 3.64. The number of nitrogens with one attached hydrogen (secondary N) is 2. The maximum absolute atomic E-state index is 13.1. The van der Waals surface area contributed by atoms with Crippen LogP contribution in [0, 0.1) is 11.8 Å². The Bertz CT molecular complexity index is 713. The SMILES string of the molecule is C[C@@H]1C[C@H](C)CN(C(=O)c2cc(Br)ccc2NC(=O)NCC(=O)N(C)C)C1. The number of hydrogen-bond donors (Lipinski definition) is 2.